The van der Waals surface area contributed by atoms with E-state index in [1.165, 1.54) is 0 Å². The zero-order valence-corrected chi connectivity index (χ0v) is 15.3. The SMILES string of the molecule is CC(C)[Si](O[C@H]1CCN(c2ncn[nH]2)C1)(C(C)C)C(C)C. The van der Waals surface area contributed by atoms with E-state index in [9.17, 15) is 0 Å². The van der Waals surface area contributed by atoms with E-state index < -0.39 is 8.32 Å². The summed E-state index contributed by atoms with van der Waals surface area (Å²) >= 11 is 0. The van der Waals surface area contributed by atoms with Gasteiger partial charge in [0.15, 0.2) is 0 Å². The lowest BCUT2D eigenvalue weighted by atomic mass is 10.3. The number of nitrogens with one attached hydrogen (secondary N) is 1. The summed E-state index contributed by atoms with van der Waals surface area (Å²) in [4.78, 5) is 6.50. The van der Waals surface area contributed by atoms with E-state index in [0.717, 1.165) is 25.5 Å². The molecule has 0 saturated carbocycles. The zero-order valence-electron chi connectivity index (χ0n) is 14.3. The van der Waals surface area contributed by atoms with Crippen molar-refractivity contribution >= 4 is 14.3 Å². The Bertz CT molecular complexity index is 411. The third-order valence-corrected chi connectivity index (χ3v) is 11.1. The quantitative estimate of drug-likeness (QED) is 0.816. The van der Waals surface area contributed by atoms with Crippen LogP contribution in [0.15, 0.2) is 6.33 Å². The number of aromatic amines is 1. The first kappa shape index (κ1) is 16.5. The van der Waals surface area contributed by atoms with E-state index in [2.05, 4.69) is 61.6 Å². The van der Waals surface area contributed by atoms with Gasteiger partial charge in [0.05, 0.1) is 6.10 Å². The van der Waals surface area contributed by atoms with Crippen molar-refractivity contribution in [1.29, 1.82) is 0 Å². The molecule has 1 aromatic heterocycles. The van der Waals surface area contributed by atoms with E-state index >= 15 is 0 Å². The predicted octanol–water partition coefficient (Wildman–Crippen LogP) is 3.58. The molecule has 1 aromatic rings. The molecule has 0 radical (unpaired) electrons. The molecule has 0 bridgehead atoms. The van der Waals surface area contributed by atoms with Crippen LogP contribution in [0.2, 0.25) is 16.6 Å². The second-order valence-electron chi connectivity index (χ2n) is 7.10. The molecule has 0 unspecified atom stereocenters. The summed E-state index contributed by atoms with van der Waals surface area (Å²) in [5, 5.41) is 6.89. The number of rotatable bonds is 6. The van der Waals surface area contributed by atoms with Gasteiger partial charge in [-0.3, -0.25) is 0 Å². The van der Waals surface area contributed by atoms with Crippen molar-refractivity contribution in [2.75, 3.05) is 18.0 Å². The molecule has 1 saturated heterocycles. The minimum absolute atomic E-state index is 0.328. The first-order chi connectivity index (χ1) is 9.87. The first-order valence-electron chi connectivity index (χ1n) is 8.16. The highest BCUT2D eigenvalue weighted by atomic mass is 28.4. The average molecular weight is 311 g/mol. The Morgan fingerprint density at radius 1 is 1.19 bits per heavy atom. The van der Waals surface area contributed by atoms with Crippen molar-refractivity contribution in [3.63, 3.8) is 0 Å². The lowest BCUT2D eigenvalue weighted by Crippen LogP contribution is -2.50. The second kappa shape index (κ2) is 6.48. The standard InChI is InChI=1S/C15H30N4OSi/c1-11(2)21(12(3)4,13(5)6)20-14-7-8-19(9-14)15-16-10-17-18-15/h10-14H,7-9H2,1-6H3,(H,16,17,18)/t14-/m0/s1. The molecule has 1 fully saturated rings. The van der Waals surface area contributed by atoms with Crippen LogP contribution in [-0.2, 0) is 4.43 Å². The maximum atomic E-state index is 6.85. The molecule has 1 N–H and O–H groups in total. The van der Waals surface area contributed by atoms with Crippen molar-refractivity contribution in [3.05, 3.63) is 6.33 Å². The molecule has 0 amide bonds. The van der Waals surface area contributed by atoms with Gasteiger partial charge < -0.3 is 9.33 Å². The van der Waals surface area contributed by atoms with E-state index in [4.69, 9.17) is 4.43 Å². The number of hydrogen-bond acceptors (Lipinski definition) is 4. The number of anilines is 1. The molecule has 0 aliphatic carbocycles. The summed E-state index contributed by atoms with van der Waals surface area (Å²) in [6.45, 7) is 16.0. The maximum Gasteiger partial charge on any atom is 0.221 e. The number of hydrogen-bond donors (Lipinski definition) is 1. The van der Waals surface area contributed by atoms with Crippen LogP contribution < -0.4 is 4.90 Å². The largest absolute Gasteiger partial charge is 0.411 e. The Morgan fingerprint density at radius 2 is 1.81 bits per heavy atom. The molecule has 5 nitrogen and oxygen atoms in total. The van der Waals surface area contributed by atoms with Gasteiger partial charge >= 0.3 is 0 Å². The fraction of sp³-hybridized carbons (Fsp3) is 0.867. The molecule has 120 valence electrons. The normalized spacial score (nSPS) is 20.2. The highest BCUT2D eigenvalue weighted by Gasteiger charge is 2.47. The average Bonchev–Trinajstić information content (AvgIpc) is 3.05. The van der Waals surface area contributed by atoms with E-state index in [-0.39, 0.29) is 0 Å². The van der Waals surface area contributed by atoms with Crippen molar-refractivity contribution in [1.82, 2.24) is 15.2 Å². The summed E-state index contributed by atoms with van der Waals surface area (Å²) in [6, 6.07) is 0. The Hall–Kier alpha value is -0.883. The molecule has 1 aliphatic heterocycles. The van der Waals surface area contributed by atoms with E-state index in [1.54, 1.807) is 6.33 Å². The van der Waals surface area contributed by atoms with Crippen molar-refractivity contribution < 1.29 is 4.43 Å². The third-order valence-electron chi connectivity index (χ3n) is 4.92. The molecule has 0 aromatic carbocycles. The molecule has 6 heteroatoms. The highest BCUT2D eigenvalue weighted by Crippen LogP contribution is 2.43. The molecular formula is C15H30N4OSi. The van der Waals surface area contributed by atoms with Crippen LogP contribution >= 0.6 is 0 Å². The van der Waals surface area contributed by atoms with Crippen LogP contribution in [0.1, 0.15) is 48.0 Å². The van der Waals surface area contributed by atoms with Crippen LogP contribution in [0.4, 0.5) is 5.95 Å². The summed E-state index contributed by atoms with van der Waals surface area (Å²) in [6.07, 6.45) is 2.98. The van der Waals surface area contributed by atoms with Gasteiger partial charge in [0.2, 0.25) is 14.3 Å². The first-order valence-corrected chi connectivity index (χ1v) is 10.3. The number of nitrogens with zero attached hydrogens (tertiary/aromatic N) is 3. The minimum Gasteiger partial charge on any atom is -0.411 e. The molecular weight excluding hydrogens is 280 g/mol. The molecule has 2 heterocycles. The van der Waals surface area contributed by atoms with Crippen molar-refractivity contribution in [2.24, 2.45) is 0 Å². The van der Waals surface area contributed by atoms with Crippen LogP contribution in [-0.4, -0.2) is 42.7 Å². The van der Waals surface area contributed by atoms with E-state index in [0.29, 0.717) is 22.7 Å². The maximum absolute atomic E-state index is 6.85. The fourth-order valence-corrected chi connectivity index (χ4v) is 9.65. The topological polar surface area (TPSA) is 54.0 Å². The fourth-order valence-electron chi connectivity index (χ4n) is 4.07. The monoisotopic (exact) mass is 310 g/mol. The van der Waals surface area contributed by atoms with Gasteiger partial charge in [0.25, 0.3) is 0 Å². The predicted molar refractivity (Wildman–Crippen MR) is 89.1 cm³/mol. The lowest BCUT2D eigenvalue weighted by Gasteiger charge is -2.44. The number of aromatic nitrogens is 3. The van der Waals surface area contributed by atoms with Crippen molar-refractivity contribution in [3.8, 4) is 0 Å². The van der Waals surface area contributed by atoms with Gasteiger partial charge in [-0.05, 0) is 23.0 Å². The smallest absolute Gasteiger partial charge is 0.221 e. The second-order valence-corrected chi connectivity index (χ2v) is 12.5. The van der Waals surface area contributed by atoms with Crippen LogP contribution in [0.25, 0.3) is 0 Å². The molecule has 21 heavy (non-hydrogen) atoms. The van der Waals surface area contributed by atoms with Crippen LogP contribution in [0.5, 0.6) is 0 Å². The molecule has 0 spiro atoms. The third kappa shape index (κ3) is 3.16. The highest BCUT2D eigenvalue weighted by molar-refractivity contribution is 6.77. The molecule has 2 rings (SSSR count). The summed E-state index contributed by atoms with van der Waals surface area (Å²) in [7, 11) is -1.78. The van der Waals surface area contributed by atoms with Gasteiger partial charge in [0, 0.05) is 13.1 Å². The Morgan fingerprint density at radius 3 is 2.29 bits per heavy atom. The van der Waals surface area contributed by atoms with Gasteiger partial charge in [0.1, 0.15) is 6.33 Å². The van der Waals surface area contributed by atoms with Crippen LogP contribution in [0, 0.1) is 0 Å². The Labute approximate surface area is 129 Å². The number of H-pyrrole nitrogens is 1. The van der Waals surface area contributed by atoms with Crippen LogP contribution in [0.3, 0.4) is 0 Å². The van der Waals surface area contributed by atoms with Gasteiger partial charge in [-0.25, -0.2) is 5.10 Å². The molecule has 1 aliphatic rings. The summed E-state index contributed by atoms with van der Waals surface area (Å²) in [5.41, 5.74) is 1.91. The summed E-state index contributed by atoms with van der Waals surface area (Å²) < 4.78 is 6.85. The van der Waals surface area contributed by atoms with Gasteiger partial charge in [-0.1, -0.05) is 41.5 Å². The summed E-state index contributed by atoms with van der Waals surface area (Å²) in [5.74, 6) is 0.868. The van der Waals surface area contributed by atoms with Crippen molar-refractivity contribution in [2.45, 2.75) is 70.7 Å². The lowest BCUT2D eigenvalue weighted by molar-refractivity contribution is 0.194. The van der Waals surface area contributed by atoms with Gasteiger partial charge in [-0.2, -0.15) is 10.1 Å². The van der Waals surface area contributed by atoms with E-state index in [1.807, 2.05) is 0 Å². The van der Waals surface area contributed by atoms with Gasteiger partial charge in [-0.15, -0.1) is 0 Å². The minimum atomic E-state index is -1.78. The Kier molecular flexibility index (Phi) is 5.09. The molecule has 1 atom stereocenters. The zero-order chi connectivity index (χ0) is 15.6. The Balaban J connectivity index is 2.08.